The van der Waals surface area contributed by atoms with Gasteiger partial charge in [0.2, 0.25) is 0 Å². The molecular weight excluding hydrogens is 150 g/mol. The zero-order valence-electron chi connectivity index (χ0n) is 5.32. The fourth-order valence-electron chi connectivity index (χ4n) is 0.532. The molecule has 3 N–H and O–H groups in total. The molecule has 0 bridgehead atoms. The molecule has 0 saturated heterocycles. The molecule has 0 aromatic heterocycles. The van der Waals surface area contributed by atoms with Crippen molar-refractivity contribution in [2.45, 2.75) is 4.90 Å². The molecule has 0 aliphatic rings. The Bertz CT molecular complexity index is 212. The average Bonchev–Trinajstić information content (AvgIpc) is 1.90. The zero-order valence-corrected chi connectivity index (χ0v) is 6.14. The van der Waals surface area contributed by atoms with Gasteiger partial charge >= 0.3 is 0 Å². The molecule has 0 fully saturated rings. The number of rotatable bonds is 1. The van der Waals surface area contributed by atoms with Crippen molar-refractivity contribution in [1.29, 1.82) is 0 Å². The van der Waals surface area contributed by atoms with Crippen LogP contribution in [0, 0.1) is 0 Å². The van der Waals surface area contributed by atoms with Gasteiger partial charge < -0.3 is 10.7 Å². The third kappa shape index (κ3) is 2.26. The van der Waals surface area contributed by atoms with Gasteiger partial charge in [-0.3, -0.25) is 4.21 Å². The minimum Gasteiger partial charge on any atom is -0.768 e. The zero-order chi connectivity index (χ0) is 6.69. The van der Waals surface area contributed by atoms with E-state index in [2.05, 4.69) is 0 Å². The monoisotopic (exact) mass is 158 g/mol. The molecule has 0 amide bonds. The second-order valence-corrected chi connectivity index (χ2v) is 2.49. The lowest BCUT2D eigenvalue weighted by Gasteiger charge is -2.01. The normalized spacial score (nSPS) is 11.7. The molecule has 0 radical (unpaired) electrons. The van der Waals surface area contributed by atoms with E-state index in [1.54, 1.807) is 30.3 Å². The highest BCUT2D eigenvalue weighted by atomic mass is 32.2. The van der Waals surface area contributed by atoms with Gasteiger partial charge in [-0.15, -0.1) is 0 Å². The van der Waals surface area contributed by atoms with Crippen molar-refractivity contribution in [3.05, 3.63) is 30.3 Å². The number of hydrogen-bond donors (Lipinski definition) is 1. The van der Waals surface area contributed by atoms with Crippen molar-refractivity contribution in [3.8, 4) is 0 Å². The maximum Gasteiger partial charge on any atom is 0.0248 e. The lowest BCUT2D eigenvalue weighted by atomic mass is 10.4. The van der Waals surface area contributed by atoms with E-state index >= 15 is 0 Å². The summed E-state index contributed by atoms with van der Waals surface area (Å²) in [6.07, 6.45) is 0. The van der Waals surface area contributed by atoms with E-state index in [0.717, 1.165) is 0 Å². The third-order valence-electron chi connectivity index (χ3n) is 0.936. The van der Waals surface area contributed by atoms with Crippen LogP contribution in [0.15, 0.2) is 35.2 Å². The Labute approximate surface area is 61.9 Å². The fourth-order valence-corrected chi connectivity index (χ4v) is 0.911. The summed E-state index contributed by atoms with van der Waals surface area (Å²) in [6.45, 7) is 0. The second kappa shape index (κ2) is 4.16. The standard InChI is InChI=1S/C6H6O2S.H3N/c7-9(8)6-4-2-1-3-5-6;/h1-5H,(H,7,8);1H3/p-1. The Kier molecular flexibility index (Phi) is 3.87. The van der Waals surface area contributed by atoms with E-state index in [1.165, 1.54) is 0 Å². The molecule has 0 aliphatic carbocycles. The van der Waals surface area contributed by atoms with Gasteiger partial charge in [-0.1, -0.05) is 18.2 Å². The van der Waals surface area contributed by atoms with E-state index in [9.17, 15) is 8.76 Å². The van der Waals surface area contributed by atoms with Crippen LogP contribution < -0.4 is 6.15 Å². The van der Waals surface area contributed by atoms with Crippen molar-refractivity contribution in [2.75, 3.05) is 0 Å². The van der Waals surface area contributed by atoms with Gasteiger partial charge in [-0.05, 0) is 23.2 Å². The van der Waals surface area contributed by atoms with Crippen LogP contribution in [0.25, 0.3) is 0 Å². The molecule has 0 heterocycles. The molecule has 1 unspecified atom stereocenters. The van der Waals surface area contributed by atoms with Crippen molar-refractivity contribution < 1.29 is 8.76 Å². The highest BCUT2D eigenvalue weighted by molar-refractivity contribution is 7.79. The quantitative estimate of drug-likeness (QED) is 0.621. The summed E-state index contributed by atoms with van der Waals surface area (Å²) in [5.41, 5.74) is 0. The van der Waals surface area contributed by atoms with Gasteiger partial charge in [-0.2, -0.15) is 0 Å². The molecule has 3 nitrogen and oxygen atoms in total. The maximum absolute atomic E-state index is 10.2. The van der Waals surface area contributed by atoms with Gasteiger partial charge in [0.05, 0.1) is 0 Å². The molecule has 10 heavy (non-hydrogen) atoms. The topological polar surface area (TPSA) is 75.1 Å². The van der Waals surface area contributed by atoms with E-state index in [4.69, 9.17) is 0 Å². The first-order valence-electron chi connectivity index (χ1n) is 2.45. The SMILES string of the molecule is N.O=S([O-])c1ccccc1. The van der Waals surface area contributed by atoms with E-state index in [-0.39, 0.29) is 6.15 Å². The Morgan fingerprint density at radius 2 is 1.70 bits per heavy atom. The van der Waals surface area contributed by atoms with Gasteiger partial charge in [-0.25, -0.2) is 0 Å². The Morgan fingerprint density at radius 3 is 2.00 bits per heavy atom. The molecule has 0 spiro atoms. The van der Waals surface area contributed by atoms with Crippen LogP contribution in [0.1, 0.15) is 0 Å². The first-order valence-corrected chi connectivity index (χ1v) is 3.52. The van der Waals surface area contributed by atoms with Crippen LogP contribution >= 0.6 is 0 Å². The summed E-state index contributed by atoms with van der Waals surface area (Å²) >= 11 is -2.08. The van der Waals surface area contributed by atoms with Crippen molar-refractivity contribution in [2.24, 2.45) is 0 Å². The van der Waals surface area contributed by atoms with Crippen LogP contribution in [0.2, 0.25) is 0 Å². The highest BCUT2D eigenvalue weighted by Crippen LogP contribution is 2.00. The van der Waals surface area contributed by atoms with Crippen molar-refractivity contribution >= 4 is 11.1 Å². The van der Waals surface area contributed by atoms with Crippen molar-refractivity contribution in [1.82, 2.24) is 6.15 Å². The molecular formula is C6H8NO2S-. The maximum atomic E-state index is 10.2. The molecule has 0 saturated carbocycles. The first kappa shape index (κ1) is 9.29. The van der Waals surface area contributed by atoms with Gasteiger partial charge in [0, 0.05) is 4.90 Å². The smallest absolute Gasteiger partial charge is 0.0248 e. The van der Waals surface area contributed by atoms with Gasteiger partial charge in [0.1, 0.15) is 0 Å². The lowest BCUT2D eigenvalue weighted by Crippen LogP contribution is -1.85. The number of hydrogen-bond acceptors (Lipinski definition) is 3. The van der Waals surface area contributed by atoms with Crippen LogP contribution in [0.4, 0.5) is 0 Å². The van der Waals surface area contributed by atoms with Gasteiger partial charge in [0.25, 0.3) is 0 Å². The van der Waals surface area contributed by atoms with Crippen LogP contribution in [0.5, 0.6) is 0 Å². The van der Waals surface area contributed by atoms with E-state index < -0.39 is 11.1 Å². The Balaban J connectivity index is 0.000000810. The summed E-state index contributed by atoms with van der Waals surface area (Å²) in [7, 11) is 0. The third-order valence-corrected chi connectivity index (χ3v) is 1.59. The summed E-state index contributed by atoms with van der Waals surface area (Å²) in [6, 6.07) is 8.23. The van der Waals surface area contributed by atoms with Gasteiger partial charge in [0.15, 0.2) is 0 Å². The highest BCUT2D eigenvalue weighted by Gasteiger charge is 1.84. The molecule has 56 valence electrons. The fraction of sp³-hybridized carbons (Fsp3) is 0. The predicted molar refractivity (Wildman–Crippen MR) is 38.6 cm³/mol. The Morgan fingerprint density at radius 1 is 1.20 bits per heavy atom. The first-order chi connectivity index (χ1) is 4.30. The average molecular weight is 158 g/mol. The molecule has 1 atom stereocenters. The number of benzene rings is 1. The molecule has 1 aromatic rings. The summed E-state index contributed by atoms with van der Waals surface area (Å²) in [5.74, 6) is 0. The largest absolute Gasteiger partial charge is 0.768 e. The van der Waals surface area contributed by atoms with Crippen molar-refractivity contribution in [3.63, 3.8) is 0 Å². The van der Waals surface area contributed by atoms with Crippen LogP contribution in [-0.4, -0.2) is 8.76 Å². The molecule has 1 aromatic carbocycles. The van der Waals surface area contributed by atoms with Crippen LogP contribution in [-0.2, 0) is 11.1 Å². The van der Waals surface area contributed by atoms with Crippen LogP contribution in [0.3, 0.4) is 0 Å². The second-order valence-electron chi connectivity index (χ2n) is 1.55. The van der Waals surface area contributed by atoms with E-state index in [1.807, 2.05) is 0 Å². The lowest BCUT2D eigenvalue weighted by molar-refractivity contribution is 0.537. The Hall–Kier alpha value is -0.710. The molecule has 1 rings (SSSR count). The predicted octanol–water partition coefficient (Wildman–Crippen LogP) is 1.09. The molecule has 0 aliphatic heterocycles. The molecule has 4 heteroatoms. The minimum atomic E-state index is -2.08. The minimum absolute atomic E-state index is 0. The van der Waals surface area contributed by atoms with E-state index in [0.29, 0.717) is 4.90 Å². The summed E-state index contributed by atoms with van der Waals surface area (Å²) in [4.78, 5) is 0.331. The summed E-state index contributed by atoms with van der Waals surface area (Å²) < 4.78 is 20.4. The summed E-state index contributed by atoms with van der Waals surface area (Å²) in [5, 5.41) is 0.